The van der Waals surface area contributed by atoms with E-state index in [0.717, 1.165) is 28.8 Å². The highest BCUT2D eigenvalue weighted by Crippen LogP contribution is 2.28. The summed E-state index contributed by atoms with van der Waals surface area (Å²) in [5.41, 5.74) is 3.94. The first-order valence-corrected chi connectivity index (χ1v) is 11.1. The van der Waals surface area contributed by atoms with Crippen molar-refractivity contribution in [1.29, 1.82) is 0 Å². The zero-order chi connectivity index (χ0) is 20.4. The van der Waals surface area contributed by atoms with Crippen LogP contribution < -0.4 is 4.74 Å². The van der Waals surface area contributed by atoms with Gasteiger partial charge in [-0.3, -0.25) is 9.89 Å². The Hall–Kier alpha value is -3.13. The van der Waals surface area contributed by atoms with Crippen molar-refractivity contribution in [3.8, 4) is 17.0 Å². The molecule has 1 aromatic heterocycles. The summed E-state index contributed by atoms with van der Waals surface area (Å²) >= 11 is 0. The molecule has 0 atom stereocenters. The zero-order valence-electron chi connectivity index (χ0n) is 16.0. The summed E-state index contributed by atoms with van der Waals surface area (Å²) in [6.07, 6.45) is 1.84. The fourth-order valence-electron chi connectivity index (χ4n) is 3.37. The number of aromatic amines is 1. The molecule has 0 radical (unpaired) electrons. The first-order valence-electron chi connectivity index (χ1n) is 9.24. The average molecular weight is 411 g/mol. The number of hydrogen-bond acceptors (Lipinski definition) is 5. The fraction of sp³-hybridized carbons (Fsp3) is 0.238. The van der Waals surface area contributed by atoms with Gasteiger partial charge in [0.1, 0.15) is 5.75 Å². The van der Waals surface area contributed by atoms with Crippen LogP contribution in [-0.2, 0) is 27.6 Å². The molecule has 2 heterocycles. The van der Waals surface area contributed by atoms with Gasteiger partial charge in [-0.25, -0.2) is 8.42 Å². The molecule has 0 unspecified atom stereocenters. The van der Waals surface area contributed by atoms with Crippen molar-refractivity contribution >= 4 is 15.7 Å². The Bertz CT molecular complexity index is 1140. The Labute approximate surface area is 169 Å². The number of aromatic nitrogens is 2. The molecule has 1 N–H and O–H groups in total. The maximum Gasteiger partial charge on any atom is 0.260 e. The van der Waals surface area contributed by atoms with Crippen LogP contribution in [-0.4, -0.2) is 48.8 Å². The minimum absolute atomic E-state index is 0.152. The number of ether oxygens (including phenoxy) is 1. The minimum Gasteiger partial charge on any atom is -0.484 e. The molecule has 0 saturated carbocycles. The van der Waals surface area contributed by atoms with Crippen LogP contribution in [0, 0.1) is 0 Å². The standard InChI is InChI=1S/C21H21N3O4S/c1-29(26,27)17-9-5-8-16(12-17)28-14-20(25)24-11-10-19-18(13-24)21(23-22-19)15-6-3-2-4-7-15/h2-9,12H,10-11,13-14H2,1H3,(H,22,23). The lowest BCUT2D eigenvalue weighted by molar-refractivity contribution is -0.134. The molecular formula is C21H21N3O4S. The van der Waals surface area contributed by atoms with Gasteiger partial charge in [0.15, 0.2) is 16.4 Å². The van der Waals surface area contributed by atoms with Crippen LogP contribution in [0.2, 0.25) is 0 Å². The van der Waals surface area contributed by atoms with E-state index >= 15 is 0 Å². The van der Waals surface area contributed by atoms with Crippen LogP contribution >= 0.6 is 0 Å². The fourth-order valence-corrected chi connectivity index (χ4v) is 4.03. The van der Waals surface area contributed by atoms with Crippen molar-refractivity contribution in [2.75, 3.05) is 19.4 Å². The number of nitrogens with zero attached hydrogens (tertiary/aromatic N) is 2. The summed E-state index contributed by atoms with van der Waals surface area (Å²) in [5, 5.41) is 7.52. The molecule has 1 amide bonds. The summed E-state index contributed by atoms with van der Waals surface area (Å²) in [4.78, 5) is 14.6. The van der Waals surface area contributed by atoms with E-state index in [9.17, 15) is 13.2 Å². The third-order valence-electron chi connectivity index (χ3n) is 4.93. The summed E-state index contributed by atoms with van der Waals surface area (Å²) in [7, 11) is -3.33. The Kier molecular flexibility index (Phi) is 5.10. The zero-order valence-corrected chi connectivity index (χ0v) is 16.8. The molecule has 0 fully saturated rings. The van der Waals surface area contributed by atoms with Gasteiger partial charge >= 0.3 is 0 Å². The molecule has 4 rings (SSSR count). The Morgan fingerprint density at radius 1 is 1.17 bits per heavy atom. The molecule has 2 aromatic carbocycles. The van der Waals surface area contributed by atoms with Gasteiger partial charge in [0.05, 0.1) is 10.6 Å². The van der Waals surface area contributed by atoms with Gasteiger partial charge in [-0.1, -0.05) is 36.4 Å². The summed E-state index contributed by atoms with van der Waals surface area (Å²) in [6.45, 7) is 0.887. The normalized spacial score (nSPS) is 13.8. The van der Waals surface area contributed by atoms with Crippen molar-refractivity contribution in [2.45, 2.75) is 17.9 Å². The van der Waals surface area contributed by atoms with Crippen LogP contribution in [0.1, 0.15) is 11.3 Å². The number of benzene rings is 2. The van der Waals surface area contributed by atoms with Gasteiger partial charge in [0.25, 0.3) is 5.91 Å². The molecule has 7 nitrogen and oxygen atoms in total. The van der Waals surface area contributed by atoms with Crippen molar-refractivity contribution in [1.82, 2.24) is 15.1 Å². The molecule has 1 aliphatic heterocycles. The van der Waals surface area contributed by atoms with E-state index < -0.39 is 9.84 Å². The van der Waals surface area contributed by atoms with Crippen LogP contribution in [0.25, 0.3) is 11.3 Å². The number of sulfone groups is 1. The van der Waals surface area contributed by atoms with Gasteiger partial charge < -0.3 is 9.64 Å². The smallest absolute Gasteiger partial charge is 0.260 e. The number of amides is 1. The number of nitrogens with one attached hydrogen (secondary N) is 1. The van der Waals surface area contributed by atoms with Crippen LogP contribution in [0.3, 0.4) is 0 Å². The maximum atomic E-state index is 12.7. The van der Waals surface area contributed by atoms with Crippen molar-refractivity contribution < 1.29 is 17.9 Å². The van der Waals surface area contributed by atoms with E-state index in [4.69, 9.17) is 4.74 Å². The highest BCUT2D eigenvalue weighted by molar-refractivity contribution is 7.90. The largest absolute Gasteiger partial charge is 0.484 e. The molecule has 3 aromatic rings. The lowest BCUT2D eigenvalue weighted by atomic mass is 10.0. The minimum atomic E-state index is -3.33. The van der Waals surface area contributed by atoms with E-state index in [1.54, 1.807) is 17.0 Å². The van der Waals surface area contributed by atoms with Gasteiger partial charge in [0, 0.05) is 42.6 Å². The number of H-pyrrole nitrogens is 1. The number of rotatable bonds is 5. The lowest BCUT2D eigenvalue weighted by Crippen LogP contribution is -2.38. The number of carbonyl (C=O) groups excluding carboxylic acids is 1. The van der Waals surface area contributed by atoms with Gasteiger partial charge in [0.2, 0.25) is 0 Å². The van der Waals surface area contributed by atoms with Crippen LogP contribution in [0.5, 0.6) is 5.75 Å². The summed E-state index contributed by atoms with van der Waals surface area (Å²) in [5.74, 6) is 0.202. The van der Waals surface area contributed by atoms with Gasteiger partial charge in [-0.15, -0.1) is 0 Å². The second-order valence-corrected chi connectivity index (χ2v) is 9.01. The summed E-state index contributed by atoms with van der Waals surface area (Å²) in [6, 6.07) is 16.0. The summed E-state index contributed by atoms with van der Waals surface area (Å²) < 4.78 is 28.9. The van der Waals surface area contributed by atoms with Gasteiger partial charge in [-0.2, -0.15) is 5.10 Å². The second-order valence-electron chi connectivity index (χ2n) is 7.00. The molecule has 0 spiro atoms. The third kappa shape index (κ3) is 4.17. The number of fused-ring (bicyclic) bond motifs is 1. The third-order valence-corrected chi connectivity index (χ3v) is 6.04. The second kappa shape index (κ2) is 7.71. The molecular weight excluding hydrogens is 390 g/mol. The van der Waals surface area contributed by atoms with Crippen LogP contribution in [0.15, 0.2) is 59.5 Å². The topological polar surface area (TPSA) is 92.4 Å². The van der Waals surface area contributed by atoms with E-state index in [2.05, 4.69) is 10.2 Å². The average Bonchev–Trinajstić information content (AvgIpc) is 3.15. The van der Waals surface area contributed by atoms with Crippen molar-refractivity contribution in [3.05, 3.63) is 65.9 Å². The Morgan fingerprint density at radius 3 is 2.72 bits per heavy atom. The molecule has 0 saturated heterocycles. The number of carbonyl (C=O) groups is 1. The highest BCUT2D eigenvalue weighted by Gasteiger charge is 2.26. The highest BCUT2D eigenvalue weighted by atomic mass is 32.2. The Balaban J connectivity index is 1.45. The number of hydrogen-bond donors (Lipinski definition) is 1. The van der Waals surface area contributed by atoms with Crippen LogP contribution in [0.4, 0.5) is 0 Å². The molecule has 1 aliphatic rings. The first-order chi connectivity index (χ1) is 13.9. The van der Waals surface area contributed by atoms with E-state index in [1.165, 1.54) is 12.1 Å². The van der Waals surface area contributed by atoms with E-state index in [0.29, 0.717) is 25.3 Å². The molecule has 0 aliphatic carbocycles. The van der Waals surface area contributed by atoms with Crippen molar-refractivity contribution in [3.63, 3.8) is 0 Å². The molecule has 8 heteroatoms. The first kappa shape index (κ1) is 19.2. The SMILES string of the molecule is CS(=O)(=O)c1cccc(OCC(=O)N2CCc3[nH]nc(-c4ccccc4)c3C2)c1. The lowest BCUT2D eigenvalue weighted by Gasteiger charge is -2.27. The predicted molar refractivity (Wildman–Crippen MR) is 108 cm³/mol. The van der Waals surface area contributed by atoms with E-state index in [-0.39, 0.29) is 17.4 Å². The van der Waals surface area contributed by atoms with Crippen molar-refractivity contribution in [2.24, 2.45) is 0 Å². The molecule has 150 valence electrons. The quantitative estimate of drug-likeness (QED) is 0.696. The monoisotopic (exact) mass is 411 g/mol. The maximum absolute atomic E-state index is 12.7. The Morgan fingerprint density at radius 2 is 1.97 bits per heavy atom. The van der Waals surface area contributed by atoms with Gasteiger partial charge in [-0.05, 0) is 18.2 Å². The molecule has 29 heavy (non-hydrogen) atoms. The predicted octanol–water partition coefficient (Wildman–Crippen LogP) is 2.44. The van der Waals surface area contributed by atoms with E-state index in [1.807, 2.05) is 30.3 Å². The molecule has 0 bridgehead atoms.